The number of unbranched alkanes of at least 4 members (excludes halogenated alkanes) is 1. The lowest BCUT2D eigenvalue weighted by Crippen LogP contribution is -2.49. The highest BCUT2D eigenvalue weighted by molar-refractivity contribution is 6.32. The van der Waals surface area contributed by atoms with Gasteiger partial charge >= 0.3 is 6.18 Å². The number of pyridine rings is 1. The third-order valence-corrected chi connectivity index (χ3v) is 6.97. The molecule has 1 aliphatic heterocycles. The number of carbonyl (C=O) groups is 2. The third-order valence-electron chi connectivity index (χ3n) is 6.68. The summed E-state index contributed by atoms with van der Waals surface area (Å²) in [5.74, 6) is -0.354. The van der Waals surface area contributed by atoms with Gasteiger partial charge in [0.25, 0.3) is 5.91 Å². The van der Waals surface area contributed by atoms with Crippen LogP contribution in [0.1, 0.15) is 54.4 Å². The highest BCUT2D eigenvalue weighted by atomic mass is 35.5. The van der Waals surface area contributed by atoms with Gasteiger partial charge in [0.2, 0.25) is 5.60 Å². The number of benzene rings is 1. The summed E-state index contributed by atoms with van der Waals surface area (Å²) < 4.78 is 40.9. The van der Waals surface area contributed by atoms with Crippen molar-refractivity contribution in [2.45, 2.75) is 50.3 Å². The second-order valence-electron chi connectivity index (χ2n) is 9.38. The van der Waals surface area contributed by atoms with Gasteiger partial charge in [-0.15, -0.1) is 0 Å². The van der Waals surface area contributed by atoms with Gasteiger partial charge in [0.05, 0.1) is 5.56 Å². The van der Waals surface area contributed by atoms with Crippen LogP contribution >= 0.6 is 11.6 Å². The molecular formula is C26H31ClF3N3O3. The number of carbonyl (C=O) groups excluding carboxylic acids is 2. The number of piperidine rings is 1. The maximum Gasteiger partial charge on any atom is 0.428 e. The Balaban J connectivity index is 1.48. The Morgan fingerprint density at radius 1 is 1.08 bits per heavy atom. The maximum absolute atomic E-state index is 13.6. The Kier molecular flexibility index (Phi) is 9.00. The smallest absolute Gasteiger partial charge is 0.370 e. The number of amides is 1. The lowest BCUT2D eigenvalue weighted by molar-refractivity contribution is -0.256. The number of rotatable bonds is 9. The first-order chi connectivity index (χ1) is 16.9. The van der Waals surface area contributed by atoms with E-state index in [4.69, 9.17) is 11.6 Å². The minimum absolute atomic E-state index is 0.160. The first kappa shape index (κ1) is 27.9. The van der Waals surface area contributed by atoms with E-state index in [-0.39, 0.29) is 23.9 Å². The summed E-state index contributed by atoms with van der Waals surface area (Å²) in [6.07, 6.45) is -2.00. The van der Waals surface area contributed by atoms with Gasteiger partial charge in [-0.3, -0.25) is 9.59 Å². The molecule has 1 fully saturated rings. The molecule has 0 radical (unpaired) electrons. The third kappa shape index (κ3) is 6.18. The molecule has 1 aromatic carbocycles. The summed E-state index contributed by atoms with van der Waals surface area (Å²) in [6, 6.07) is 9.96. The van der Waals surface area contributed by atoms with Gasteiger partial charge in [-0.1, -0.05) is 54.8 Å². The average molecular weight is 526 g/mol. The van der Waals surface area contributed by atoms with Crippen LogP contribution in [0.15, 0.2) is 42.5 Å². The highest BCUT2D eigenvalue weighted by Gasteiger charge is 2.59. The molecule has 0 saturated carbocycles. The fourth-order valence-corrected chi connectivity index (χ4v) is 4.74. The highest BCUT2D eigenvalue weighted by Crippen LogP contribution is 2.41. The summed E-state index contributed by atoms with van der Waals surface area (Å²) in [5, 5.41) is 10.5. The molecule has 1 aromatic heterocycles. The van der Waals surface area contributed by atoms with E-state index >= 15 is 0 Å². The van der Waals surface area contributed by atoms with Crippen LogP contribution in [-0.2, 0) is 10.4 Å². The quantitative estimate of drug-likeness (QED) is 0.358. The summed E-state index contributed by atoms with van der Waals surface area (Å²) in [6.45, 7) is 1.49. The van der Waals surface area contributed by atoms with Crippen LogP contribution in [0.3, 0.4) is 0 Å². The van der Waals surface area contributed by atoms with Crippen molar-refractivity contribution in [3.63, 3.8) is 0 Å². The largest absolute Gasteiger partial charge is 0.428 e. The van der Waals surface area contributed by atoms with Crippen molar-refractivity contribution in [1.29, 1.82) is 0 Å². The monoisotopic (exact) mass is 525 g/mol. The molecule has 0 aliphatic carbocycles. The van der Waals surface area contributed by atoms with Crippen LogP contribution < -0.4 is 4.90 Å². The average Bonchev–Trinajstić information content (AvgIpc) is 2.85. The molecule has 196 valence electrons. The van der Waals surface area contributed by atoms with Gasteiger partial charge in [-0.25, -0.2) is 4.98 Å². The first-order valence-corrected chi connectivity index (χ1v) is 12.3. The van der Waals surface area contributed by atoms with Crippen LogP contribution in [0.5, 0.6) is 0 Å². The molecule has 1 aliphatic rings. The molecule has 10 heteroatoms. The topological polar surface area (TPSA) is 73.7 Å². The number of hydrogen-bond donors (Lipinski definition) is 1. The number of halogens is 4. The molecule has 2 aromatic rings. The number of aromatic nitrogens is 1. The molecule has 0 spiro atoms. The summed E-state index contributed by atoms with van der Waals surface area (Å²) in [5.41, 5.74) is -3.59. The van der Waals surface area contributed by atoms with Gasteiger partial charge in [-0.2, -0.15) is 13.2 Å². The van der Waals surface area contributed by atoms with Gasteiger partial charge in [0.1, 0.15) is 11.0 Å². The zero-order valence-corrected chi connectivity index (χ0v) is 21.1. The molecule has 1 amide bonds. The van der Waals surface area contributed by atoms with E-state index in [9.17, 15) is 27.9 Å². The number of Topliss-reactive ketones (excluding diaryl/α,β-unsaturated/α-hetero) is 1. The Hall–Kier alpha value is -2.65. The maximum atomic E-state index is 13.6. The number of ketones is 1. The molecule has 36 heavy (non-hydrogen) atoms. The Labute approximate surface area is 214 Å². The van der Waals surface area contributed by atoms with Crippen LogP contribution in [0, 0.1) is 5.92 Å². The molecule has 2 heterocycles. The minimum atomic E-state index is -5.09. The van der Waals surface area contributed by atoms with E-state index in [1.165, 1.54) is 23.1 Å². The lowest BCUT2D eigenvalue weighted by Gasteiger charge is -2.33. The molecule has 1 saturated heterocycles. The van der Waals surface area contributed by atoms with Gasteiger partial charge in [-0.05, 0) is 37.3 Å². The fourth-order valence-electron chi connectivity index (χ4n) is 4.51. The van der Waals surface area contributed by atoms with E-state index < -0.39 is 23.1 Å². The first-order valence-electron chi connectivity index (χ1n) is 12.0. The van der Waals surface area contributed by atoms with Crippen LogP contribution in [0.2, 0.25) is 5.15 Å². The molecule has 1 unspecified atom stereocenters. The SMILES string of the molecule is CN(C)C(=O)c1ccc(N2CCC(CCCCC(=O)C(O)(c3ccccc3)C(F)(F)F)CC2)nc1Cl. The molecule has 6 nitrogen and oxygen atoms in total. The zero-order valence-electron chi connectivity index (χ0n) is 20.4. The predicted octanol–water partition coefficient (Wildman–Crippen LogP) is 5.23. The van der Waals surface area contributed by atoms with Crippen LogP contribution in [0.25, 0.3) is 0 Å². The molecule has 0 bridgehead atoms. The van der Waals surface area contributed by atoms with Gasteiger partial charge in [0, 0.05) is 39.2 Å². The van der Waals surface area contributed by atoms with Crippen molar-refractivity contribution in [2.24, 2.45) is 5.92 Å². The van der Waals surface area contributed by atoms with Crippen molar-refractivity contribution >= 4 is 29.1 Å². The van der Waals surface area contributed by atoms with Crippen molar-refractivity contribution in [3.8, 4) is 0 Å². The predicted molar refractivity (Wildman–Crippen MR) is 132 cm³/mol. The van der Waals surface area contributed by atoms with Crippen LogP contribution in [0.4, 0.5) is 19.0 Å². The zero-order chi connectivity index (χ0) is 26.5. The molecular weight excluding hydrogens is 495 g/mol. The van der Waals surface area contributed by atoms with E-state index in [2.05, 4.69) is 9.88 Å². The van der Waals surface area contributed by atoms with Crippen molar-refractivity contribution < 1.29 is 27.9 Å². The van der Waals surface area contributed by atoms with Crippen molar-refractivity contribution in [2.75, 3.05) is 32.1 Å². The summed E-state index contributed by atoms with van der Waals surface area (Å²) >= 11 is 6.22. The second kappa shape index (κ2) is 11.6. The van der Waals surface area contributed by atoms with Gasteiger partial charge < -0.3 is 14.9 Å². The molecule has 3 rings (SSSR count). The Morgan fingerprint density at radius 2 is 1.72 bits per heavy atom. The standard InChI is InChI=1S/C26H31ClF3N3O3/c1-32(2)24(35)20-12-13-22(31-23(20)27)33-16-14-18(15-17-33)8-6-7-11-21(34)25(36,26(28,29)30)19-9-4-3-5-10-19/h3-5,9-10,12-13,18,36H,6-8,11,14-17H2,1-2H3. The lowest BCUT2D eigenvalue weighted by atomic mass is 9.85. The number of anilines is 1. The second-order valence-corrected chi connectivity index (χ2v) is 9.74. The number of alkyl halides is 3. The number of hydrogen-bond acceptors (Lipinski definition) is 5. The molecule has 1 N–H and O–H groups in total. The van der Waals surface area contributed by atoms with E-state index in [0.29, 0.717) is 23.7 Å². The Morgan fingerprint density at radius 3 is 2.28 bits per heavy atom. The van der Waals surface area contributed by atoms with Crippen LogP contribution in [-0.4, -0.2) is 60.0 Å². The normalized spacial score (nSPS) is 16.5. The summed E-state index contributed by atoms with van der Waals surface area (Å²) in [4.78, 5) is 32.5. The van der Waals surface area contributed by atoms with Gasteiger partial charge in [0.15, 0.2) is 5.78 Å². The summed E-state index contributed by atoms with van der Waals surface area (Å²) in [7, 11) is 3.29. The molecule has 1 atom stereocenters. The minimum Gasteiger partial charge on any atom is -0.370 e. The van der Waals surface area contributed by atoms with E-state index in [0.717, 1.165) is 44.5 Å². The van der Waals surface area contributed by atoms with E-state index in [1.54, 1.807) is 26.2 Å². The van der Waals surface area contributed by atoms with Crippen molar-refractivity contribution in [3.05, 3.63) is 58.7 Å². The number of nitrogens with zero attached hydrogens (tertiary/aromatic N) is 3. The van der Waals surface area contributed by atoms with E-state index in [1.807, 2.05) is 0 Å². The Bertz CT molecular complexity index is 1060. The fraction of sp³-hybridized carbons (Fsp3) is 0.500. The van der Waals surface area contributed by atoms with Crippen molar-refractivity contribution in [1.82, 2.24) is 9.88 Å². The number of aliphatic hydroxyl groups is 1.